The Morgan fingerprint density at radius 2 is 1.79 bits per heavy atom. The van der Waals surface area contributed by atoms with Crippen LogP contribution in [0.4, 0.5) is 13.2 Å². The third-order valence-corrected chi connectivity index (χ3v) is 4.39. The van der Waals surface area contributed by atoms with Gasteiger partial charge in [0.15, 0.2) is 0 Å². The molecule has 0 atom stereocenters. The number of alkyl halides is 3. The maximum atomic E-state index is 13.6. The predicted octanol–water partition coefficient (Wildman–Crippen LogP) is 5.13. The highest BCUT2D eigenvalue weighted by atomic mass is 79.9. The van der Waals surface area contributed by atoms with Gasteiger partial charge in [-0.15, -0.1) is 0 Å². The number of hydrogen-bond donors (Lipinski definition) is 1. The second-order valence-corrected chi connectivity index (χ2v) is 7.24. The fourth-order valence-electron chi connectivity index (χ4n) is 2.66. The second-order valence-electron chi connectivity index (χ2n) is 6.32. The van der Waals surface area contributed by atoms with Gasteiger partial charge in [0.25, 0.3) is 5.76 Å². The first-order valence-corrected chi connectivity index (χ1v) is 8.84. The summed E-state index contributed by atoms with van der Waals surface area (Å²) in [5, 5.41) is 9.95. The topological polar surface area (TPSA) is 62.9 Å². The van der Waals surface area contributed by atoms with Crippen molar-refractivity contribution in [1.82, 2.24) is 4.90 Å². The molecule has 0 amide bonds. The van der Waals surface area contributed by atoms with E-state index in [2.05, 4.69) is 15.9 Å². The van der Waals surface area contributed by atoms with Crippen LogP contribution in [0, 0.1) is 0 Å². The third-order valence-electron chi connectivity index (χ3n) is 3.86. The number of aromatic hydroxyl groups is 1. The Hall–Kier alpha value is -2.52. The molecule has 0 spiro atoms. The molecule has 1 heterocycles. The van der Waals surface area contributed by atoms with E-state index in [1.54, 1.807) is 31.1 Å². The van der Waals surface area contributed by atoms with E-state index < -0.39 is 23.1 Å². The fourth-order valence-corrected chi connectivity index (χ4v) is 2.92. The van der Waals surface area contributed by atoms with Gasteiger partial charge in [-0.1, -0.05) is 15.9 Å². The lowest BCUT2D eigenvalue weighted by Crippen LogP contribution is -2.17. The van der Waals surface area contributed by atoms with Crippen molar-refractivity contribution < 1.29 is 27.4 Å². The normalized spacial score (nSPS) is 12.0. The molecule has 0 aliphatic carbocycles. The fraction of sp³-hybridized carbons (Fsp3) is 0.211. The number of rotatable bonds is 4. The maximum Gasteiger partial charge on any atom is 0.453 e. The summed E-state index contributed by atoms with van der Waals surface area (Å²) in [5.41, 5.74) is -1.22. The smallest absolute Gasteiger partial charge is 0.453 e. The zero-order valence-electron chi connectivity index (χ0n) is 14.8. The number of halogens is 4. The van der Waals surface area contributed by atoms with E-state index in [4.69, 9.17) is 9.15 Å². The van der Waals surface area contributed by atoms with Crippen molar-refractivity contribution in [3.05, 3.63) is 62.4 Å². The Morgan fingerprint density at radius 3 is 2.36 bits per heavy atom. The largest absolute Gasteiger partial charge is 0.507 e. The number of fused-ring (bicyclic) bond motifs is 1. The number of phenols is 1. The summed E-state index contributed by atoms with van der Waals surface area (Å²) in [4.78, 5) is 14.5. The maximum absolute atomic E-state index is 13.6. The first-order valence-electron chi connectivity index (χ1n) is 8.05. The third kappa shape index (κ3) is 4.00. The number of phenolic OH excluding ortho intramolecular Hbond substituents is 1. The molecular weight excluding hydrogens is 443 g/mol. The lowest BCUT2D eigenvalue weighted by molar-refractivity contribution is -0.154. The van der Waals surface area contributed by atoms with Crippen LogP contribution in [0.2, 0.25) is 0 Å². The van der Waals surface area contributed by atoms with E-state index in [1.165, 1.54) is 24.3 Å². The van der Waals surface area contributed by atoms with Crippen LogP contribution in [-0.4, -0.2) is 24.1 Å². The van der Waals surface area contributed by atoms with Crippen LogP contribution < -0.4 is 10.2 Å². The van der Waals surface area contributed by atoms with Gasteiger partial charge in [0.1, 0.15) is 17.1 Å². The van der Waals surface area contributed by atoms with Crippen molar-refractivity contribution in [3.8, 4) is 17.2 Å². The molecule has 0 radical (unpaired) electrons. The minimum atomic E-state index is -4.97. The van der Waals surface area contributed by atoms with Gasteiger partial charge in [-0.2, -0.15) is 13.2 Å². The average Bonchev–Trinajstić information content (AvgIpc) is 2.60. The predicted molar refractivity (Wildman–Crippen MR) is 101 cm³/mol. The highest BCUT2D eigenvalue weighted by molar-refractivity contribution is 9.10. The standard InChI is InChI=1S/C19H15BrF3NO4/c1-24(2)9-13-14(25)8-7-12-15(26)17(18(19(21,22)23)28-16(12)13)27-11-5-3-10(20)4-6-11/h3-8,25H,9H2,1-2H3. The van der Waals surface area contributed by atoms with Crippen molar-refractivity contribution in [2.45, 2.75) is 12.7 Å². The molecule has 5 nitrogen and oxygen atoms in total. The Labute approximate surface area is 166 Å². The second kappa shape index (κ2) is 7.48. The average molecular weight is 458 g/mol. The molecule has 0 saturated carbocycles. The van der Waals surface area contributed by atoms with Gasteiger partial charge in [0.05, 0.1) is 10.9 Å². The van der Waals surface area contributed by atoms with Crippen LogP contribution in [0.3, 0.4) is 0 Å². The molecule has 3 aromatic rings. The monoisotopic (exact) mass is 457 g/mol. The molecule has 2 aromatic carbocycles. The van der Waals surface area contributed by atoms with Crippen LogP contribution in [0.15, 0.2) is 50.1 Å². The van der Waals surface area contributed by atoms with E-state index >= 15 is 0 Å². The van der Waals surface area contributed by atoms with E-state index in [-0.39, 0.29) is 34.6 Å². The Bertz CT molecular complexity index is 1080. The van der Waals surface area contributed by atoms with Gasteiger partial charge in [-0.3, -0.25) is 4.79 Å². The van der Waals surface area contributed by atoms with Crippen molar-refractivity contribution in [2.75, 3.05) is 14.1 Å². The van der Waals surface area contributed by atoms with Crippen LogP contribution in [-0.2, 0) is 12.7 Å². The first kappa shape index (κ1) is 20.2. The summed E-state index contributed by atoms with van der Waals surface area (Å²) in [5.74, 6) is -2.73. The summed E-state index contributed by atoms with van der Waals surface area (Å²) in [6, 6.07) is 8.43. The summed E-state index contributed by atoms with van der Waals surface area (Å²) in [7, 11) is 3.35. The Balaban J connectivity index is 2.28. The van der Waals surface area contributed by atoms with Gasteiger partial charge in [-0.25, -0.2) is 0 Å². The van der Waals surface area contributed by atoms with Gasteiger partial charge in [0, 0.05) is 11.0 Å². The molecule has 0 saturated heterocycles. The van der Waals surface area contributed by atoms with Crippen LogP contribution in [0.5, 0.6) is 17.2 Å². The van der Waals surface area contributed by atoms with Crippen LogP contribution in [0.1, 0.15) is 11.3 Å². The summed E-state index contributed by atoms with van der Waals surface area (Å²) >= 11 is 3.21. The number of nitrogens with zero attached hydrogens (tertiary/aromatic N) is 1. The molecule has 0 bridgehead atoms. The Morgan fingerprint density at radius 1 is 1.14 bits per heavy atom. The zero-order valence-corrected chi connectivity index (χ0v) is 16.4. The molecular formula is C19H15BrF3NO4. The summed E-state index contributed by atoms with van der Waals surface area (Å²) < 4.78 is 51.9. The minimum absolute atomic E-state index is 0.0487. The molecule has 148 valence electrons. The van der Waals surface area contributed by atoms with Crippen molar-refractivity contribution in [2.24, 2.45) is 0 Å². The van der Waals surface area contributed by atoms with Crippen molar-refractivity contribution in [3.63, 3.8) is 0 Å². The molecule has 3 rings (SSSR count). The molecule has 1 aromatic heterocycles. The zero-order chi connectivity index (χ0) is 20.6. The van der Waals surface area contributed by atoms with E-state index in [0.717, 1.165) is 0 Å². The van der Waals surface area contributed by atoms with E-state index in [1.807, 2.05) is 0 Å². The number of benzene rings is 2. The summed E-state index contributed by atoms with van der Waals surface area (Å²) in [6.07, 6.45) is -4.97. The van der Waals surface area contributed by atoms with Gasteiger partial charge >= 0.3 is 6.18 Å². The lowest BCUT2D eigenvalue weighted by Gasteiger charge is -2.16. The Kier molecular flexibility index (Phi) is 5.40. The van der Waals surface area contributed by atoms with Gasteiger partial charge in [-0.05, 0) is 50.5 Å². The highest BCUT2D eigenvalue weighted by Crippen LogP contribution is 2.40. The minimum Gasteiger partial charge on any atom is -0.507 e. The van der Waals surface area contributed by atoms with Crippen molar-refractivity contribution in [1.29, 1.82) is 0 Å². The van der Waals surface area contributed by atoms with Crippen LogP contribution in [0.25, 0.3) is 11.0 Å². The van der Waals surface area contributed by atoms with E-state index in [9.17, 15) is 23.1 Å². The number of ether oxygens (including phenoxy) is 1. The molecule has 28 heavy (non-hydrogen) atoms. The molecule has 0 unspecified atom stereocenters. The summed E-state index contributed by atoms with van der Waals surface area (Å²) in [6.45, 7) is 0.0797. The quantitative estimate of drug-likeness (QED) is 0.587. The SMILES string of the molecule is CN(C)Cc1c(O)ccc2c(=O)c(Oc3ccc(Br)cc3)c(C(F)(F)F)oc12. The first-order chi connectivity index (χ1) is 13.1. The molecule has 0 aliphatic rings. The number of hydrogen-bond acceptors (Lipinski definition) is 5. The van der Waals surface area contributed by atoms with Crippen molar-refractivity contribution >= 4 is 26.9 Å². The van der Waals surface area contributed by atoms with Gasteiger partial charge in [0.2, 0.25) is 11.2 Å². The molecule has 1 N–H and O–H groups in total. The van der Waals surface area contributed by atoms with Gasteiger partial charge < -0.3 is 19.2 Å². The highest BCUT2D eigenvalue weighted by Gasteiger charge is 2.41. The van der Waals surface area contributed by atoms with Crippen LogP contribution >= 0.6 is 15.9 Å². The molecule has 0 fully saturated rings. The van der Waals surface area contributed by atoms with E-state index in [0.29, 0.717) is 4.47 Å². The molecule has 9 heteroatoms. The molecule has 0 aliphatic heterocycles. The lowest BCUT2D eigenvalue weighted by atomic mass is 10.1.